The van der Waals surface area contributed by atoms with E-state index < -0.39 is 0 Å². The van der Waals surface area contributed by atoms with E-state index >= 15 is 0 Å². The van der Waals surface area contributed by atoms with Crippen molar-refractivity contribution >= 4 is 40.2 Å². The van der Waals surface area contributed by atoms with E-state index in [-0.39, 0.29) is 29.3 Å². The average molecular weight is 498 g/mol. The van der Waals surface area contributed by atoms with Crippen LogP contribution in [-0.4, -0.2) is 38.2 Å². The monoisotopic (exact) mass is 497 g/mol. The number of thioether (sulfide) groups is 1. The molecule has 2 heterocycles. The Kier molecular flexibility index (Phi) is 7.68. The molecule has 0 unspecified atom stereocenters. The molecule has 180 valence electrons. The second kappa shape index (κ2) is 10.5. The predicted octanol–water partition coefficient (Wildman–Crippen LogP) is 6.43. The van der Waals surface area contributed by atoms with Gasteiger partial charge in [-0.2, -0.15) is 0 Å². The number of amides is 1. The fourth-order valence-electron chi connectivity index (χ4n) is 4.76. The molecule has 4 rings (SSSR count). The van der Waals surface area contributed by atoms with E-state index in [1.807, 2.05) is 17.0 Å². The standard InChI is InChI=1S/C27H32ClN3O2S/c1-5-17(2)20-9-12-22(13-10-20)31-26(33)23-15-21(28)11-14-24(23)29-27(31)34-16-25(32)30-18(3)7-6-8-19(30)4/h9-15,17-19H,5-8,16H2,1-4H3/t17-,18-,19+/m0/s1. The lowest BCUT2D eigenvalue weighted by Gasteiger charge is -2.39. The molecule has 1 aromatic heterocycles. The Morgan fingerprint density at radius 2 is 1.82 bits per heavy atom. The van der Waals surface area contributed by atoms with E-state index in [0.717, 1.165) is 31.4 Å². The van der Waals surface area contributed by atoms with E-state index in [1.165, 1.54) is 17.3 Å². The molecule has 0 saturated carbocycles. The lowest BCUT2D eigenvalue weighted by molar-refractivity contribution is -0.134. The van der Waals surface area contributed by atoms with Crippen LogP contribution in [0.5, 0.6) is 0 Å². The quantitative estimate of drug-likeness (QED) is 0.290. The van der Waals surface area contributed by atoms with Crippen molar-refractivity contribution in [3.8, 4) is 5.69 Å². The van der Waals surface area contributed by atoms with Crippen LogP contribution < -0.4 is 5.56 Å². The first-order valence-corrected chi connectivity index (χ1v) is 13.4. The molecular formula is C27H32ClN3O2S. The van der Waals surface area contributed by atoms with Crippen LogP contribution in [0.15, 0.2) is 52.4 Å². The molecule has 1 fully saturated rings. The van der Waals surface area contributed by atoms with Gasteiger partial charge in [-0.25, -0.2) is 4.98 Å². The van der Waals surface area contributed by atoms with Gasteiger partial charge in [-0.3, -0.25) is 14.2 Å². The van der Waals surface area contributed by atoms with Crippen LogP contribution in [0, 0.1) is 0 Å². The molecule has 0 bridgehead atoms. The number of nitrogens with zero attached hydrogens (tertiary/aromatic N) is 3. The van der Waals surface area contributed by atoms with Crippen molar-refractivity contribution in [1.82, 2.24) is 14.5 Å². The Hall–Kier alpha value is -2.31. The van der Waals surface area contributed by atoms with Crippen molar-refractivity contribution in [3.63, 3.8) is 0 Å². The zero-order valence-electron chi connectivity index (χ0n) is 20.3. The Morgan fingerprint density at radius 3 is 2.47 bits per heavy atom. The first kappa shape index (κ1) is 24.8. The number of halogens is 1. The zero-order chi connectivity index (χ0) is 24.4. The topological polar surface area (TPSA) is 55.2 Å². The fourth-order valence-corrected chi connectivity index (χ4v) is 5.82. The minimum Gasteiger partial charge on any atom is -0.337 e. The van der Waals surface area contributed by atoms with E-state index in [4.69, 9.17) is 16.6 Å². The van der Waals surface area contributed by atoms with Crippen LogP contribution >= 0.6 is 23.4 Å². The van der Waals surface area contributed by atoms with Gasteiger partial charge >= 0.3 is 0 Å². The summed E-state index contributed by atoms with van der Waals surface area (Å²) in [4.78, 5) is 33.5. The second-order valence-corrected chi connectivity index (χ2v) is 10.7. The number of rotatable bonds is 6. The molecule has 7 heteroatoms. The molecule has 3 aromatic rings. The highest BCUT2D eigenvalue weighted by Crippen LogP contribution is 2.27. The highest BCUT2D eigenvalue weighted by atomic mass is 35.5. The van der Waals surface area contributed by atoms with Gasteiger partial charge in [0.2, 0.25) is 5.91 Å². The van der Waals surface area contributed by atoms with Gasteiger partial charge in [0.1, 0.15) is 0 Å². The summed E-state index contributed by atoms with van der Waals surface area (Å²) >= 11 is 7.51. The lowest BCUT2D eigenvalue weighted by atomic mass is 9.98. The summed E-state index contributed by atoms with van der Waals surface area (Å²) in [6.07, 6.45) is 4.26. The first-order valence-electron chi connectivity index (χ1n) is 12.1. The number of likely N-dealkylation sites (tertiary alicyclic amines) is 1. The van der Waals surface area contributed by atoms with Crippen LogP contribution in [0.3, 0.4) is 0 Å². The summed E-state index contributed by atoms with van der Waals surface area (Å²) in [5.74, 6) is 0.777. The lowest BCUT2D eigenvalue weighted by Crippen LogP contribution is -2.48. The average Bonchev–Trinajstić information content (AvgIpc) is 2.83. The van der Waals surface area contributed by atoms with Crippen molar-refractivity contribution in [2.45, 2.75) is 76.5 Å². The second-order valence-electron chi connectivity index (χ2n) is 9.32. The summed E-state index contributed by atoms with van der Waals surface area (Å²) < 4.78 is 1.61. The molecule has 1 amide bonds. The molecule has 2 aromatic carbocycles. The number of hydrogen-bond donors (Lipinski definition) is 0. The molecule has 0 radical (unpaired) electrons. The fraction of sp³-hybridized carbons (Fsp3) is 0.444. The molecule has 3 atom stereocenters. The third-order valence-electron chi connectivity index (χ3n) is 6.94. The van der Waals surface area contributed by atoms with Gasteiger partial charge in [0.25, 0.3) is 5.56 Å². The first-order chi connectivity index (χ1) is 16.3. The number of piperidine rings is 1. The van der Waals surface area contributed by atoms with Crippen molar-refractivity contribution in [2.24, 2.45) is 0 Å². The molecule has 1 aliphatic heterocycles. The smallest absolute Gasteiger partial charge is 0.266 e. The maximum absolute atomic E-state index is 13.6. The van der Waals surface area contributed by atoms with E-state index in [9.17, 15) is 9.59 Å². The van der Waals surface area contributed by atoms with Gasteiger partial charge in [0.05, 0.1) is 22.3 Å². The van der Waals surface area contributed by atoms with E-state index in [2.05, 4.69) is 39.8 Å². The Labute approximate surface area is 210 Å². The van der Waals surface area contributed by atoms with Crippen LogP contribution in [0.1, 0.15) is 64.9 Å². The van der Waals surface area contributed by atoms with Gasteiger partial charge in [0, 0.05) is 17.1 Å². The molecule has 1 saturated heterocycles. The molecule has 5 nitrogen and oxygen atoms in total. The van der Waals surface area contributed by atoms with Crippen LogP contribution in [0.4, 0.5) is 0 Å². The predicted molar refractivity (Wildman–Crippen MR) is 141 cm³/mol. The number of carbonyl (C=O) groups is 1. The number of fused-ring (bicyclic) bond motifs is 1. The van der Waals surface area contributed by atoms with Gasteiger partial charge in [0.15, 0.2) is 5.16 Å². The van der Waals surface area contributed by atoms with Gasteiger partial charge in [-0.1, -0.05) is 49.3 Å². The maximum atomic E-state index is 13.6. The maximum Gasteiger partial charge on any atom is 0.266 e. The largest absolute Gasteiger partial charge is 0.337 e. The van der Waals surface area contributed by atoms with Crippen LogP contribution in [0.25, 0.3) is 16.6 Å². The number of hydrogen-bond acceptors (Lipinski definition) is 4. The summed E-state index contributed by atoms with van der Waals surface area (Å²) in [5.41, 5.74) is 2.37. The molecule has 1 aliphatic rings. The Bertz CT molecular complexity index is 1230. The summed E-state index contributed by atoms with van der Waals surface area (Å²) in [6.45, 7) is 8.59. The normalized spacial score (nSPS) is 19.4. The summed E-state index contributed by atoms with van der Waals surface area (Å²) in [7, 11) is 0. The molecular weight excluding hydrogens is 466 g/mol. The van der Waals surface area contributed by atoms with Crippen molar-refractivity contribution in [2.75, 3.05) is 5.75 Å². The number of carbonyl (C=O) groups excluding carboxylic acids is 1. The molecule has 0 N–H and O–H groups in total. The van der Waals surface area contributed by atoms with Crippen molar-refractivity contribution in [1.29, 1.82) is 0 Å². The zero-order valence-corrected chi connectivity index (χ0v) is 21.8. The highest BCUT2D eigenvalue weighted by molar-refractivity contribution is 7.99. The summed E-state index contributed by atoms with van der Waals surface area (Å²) in [5, 5.41) is 1.47. The molecule has 0 spiro atoms. The summed E-state index contributed by atoms with van der Waals surface area (Å²) in [6, 6.07) is 13.7. The van der Waals surface area contributed by atoms with Gasteiger partial charge in [-0.05, 0) is 81.3 Å². The third-order valence-corrected chi connectivity index (χ3v) is 8.10. The highest BCUT2D eigenvalue weighted by Gasteiger charge is 2.29. The molecule has 34 heavy (non-hydrogen) atoms. The number of benzene rings is 2. The third kappa shape index (κ3) is 5.03. The molecule has 0 aliphatic carbocycles. The number of aromatic nitrogens is 2. The minimum atomic E-state index is -0.182. The van der Waals surface area contributed by atoms with Gasteiger partial charge in [-0.15, -0.1) is 0 Å². The van der Waals surface area contributed by atoms with Crippen LogP contribution in [0.2, 0.25) is 5.02 Å². The van der Waals surface area contributed by atoms with E-state index in [1.54, 1.807) is 22.8 Å². The van der Waals surface area contributed by atoms with Crippen molar-refractivity contribution in [3.05, 3.63) is 63.4 Å². The SMILES string of the molecule is CC[C@H](C)c1ccc(-n2c(SCC(=O)N3[C@H](C)CCC[C@@H]3C)nc3ccc(Cl)cc3c2=O)cc1. The van der Waals surface area contributed by atoms with Crippen LogP contribution in [-0.2, 0) is 4.79 Å². The van der Waals surface area contributed by atoms with Crippen molar-refractivity contribution < 1.29 is 4.79 Å². The van der Waals surface area contributed by atoms with E-state index in [0.29, 0.717) is 27.0 Å². The van der Waals surface area contributed by atoms with Gasteiger partial charge < -0.3 is 4.90 Å². The minimum absolute atomic E-state index is 0.0915. The Morgan fingerprint density at radius 1 is 1.15 bits per heavy atom. The Balaban J connectivity index is 1.72.